The van der Waals surface area contributed by atoms with Crippen molar-refractivity contribution in [2.45, 2.75) is 39.2 Å². The van der Waals surface area contributed by atoms with E-state index in [4.69, 9.17) is 0 Å². The zero-order valence-electron chi connectivity index (χ0n) is 12.1. The molecule has 2 amide bonds. The molecule has 0 aliphatic carbocycles. The lowest BCUT2D eigenvalue weighted by molar-refractivity contribution is -0.129. The summed E-state index contributed by atoms with van der Waals surface area (Å²) in [6.07, 6.45) is 2.10. The Morgan fingerprint density at radius 1 is 1.40 bits per heavy atom. The van der Waals surface area contributed by atoms with Gasteiger partial charge in [0.15, 0.2) is 0 Å². The molecule has 108 valence electrons. The highest BCUT2D eigenvalue weighted by Crippen LogP contribution is 2.16. The molecule has 1 fully saturated rings. The number of carbonyl (C=O) groups excluding carboxylic acids is 2. The number of aryl methyl sites for hydroxylation is 1. The Labute approximate surface area is 119 Å². The molecule has 2 unspecified atom stereocenters. The van der Waals surface area contributed by atoms with Gasteiger partial charge in [0.25, 0.3) is 0 Å². The summed E-state index contributed by atoms with van der Waals surface area (Å²) < 4.78 is 0. The van der Waals surface area contributed by atoms with Gasteiger partial charge in [-0.2, -0.15) is 0 Å². The van der Waals surface area contributed by atoms with Crippen LogP contribution in [-0.2, 0) is 16.0 Å². The molecule has 2 N–H and O–H groups in total. The van der Waals surface area contributed by atoms with Crippen molar-refractivity contribution in [3.05, 3.63) is 35.4 Å². The SMILES string of the molecule is CCc1ccc(C(C)NC(=O)C2CCC(=O)NC2)cc1. The van der Waals surface area contributed by atoms with Crippen molar-refractivity contribution in [3.8, 4) is 0 Å². The summed E-state index contributed by atoms with van der Waals surface area (Å²) in [6, 6.07) is 8.31. The molecular weight excluding hydrogens is 252 g/mol. The van der Waals surface area contributed by atoms with Gasteiger partial charge in [0.05, 0.1) is 12.0 Å². The van der Waals surface area contributed by atoms with Gasteiger partial charge in [-0.1, -0.05) is 31.2 Å². The number of nitrogens with one attached hydrogen (secondary N) is 2. The van der Waals surface area contributed by atoms with E-state index in [2.05, 4.69) is 41.8 Å². The molecule has 2 rings (SSSR count). The number of carbonyl (C=O) groups is 2. The van der Waals surface area contributed by atoms with E-state index in [0.29, 0.717) is 19.4 Å². The normalized spacial score (nSPS) is 20.1. The maximum absolute atomic E-state index is 12.1. The van der Waals surface area contributed by atoms with E-state index in [-0.39, 0.29) is 23.8 Å². The van der Waals surface area contributed by atoms with Crippen LogP contribution in [0.25, 0.3) is 0 Å². The van der Waals surface area contributed by atoms with Gasteiger partial charge in [-0.25, -0.2) is 0 Å². The molecule has 0 spiro atoms. The van der Waals surface area contributed by atoms with E-state index in [1.54, 1.807) is 0 Å². The first kappa shape index (κ1) is 14.6. The van der Waals surface area contributed by atoms with E-state index < -0.39 is 0 Å². The van der Waals surface area contributed by atoms with E-state index in [1.165, 1.54) is 5.56 Å². The van der Waals surface area contributed by atoms with Crippen LogP contribution >= 0.6 is 0 Å². The molecule has 1 aliphatic rings. The minimum atomic E-state index is -0.106. The molecule has 1 heterocycles. The Morgan fingerprint density at radius 2 is 2.10 bits per heavy atom. The highest BCUT2D eigenvalue weighted by atomic mass is 16.2. The topological polar surface area (TPSA) is 58.2 Å². The Balaban J connectivity index is 1.91. The minimum Gasteiger partial charge on any atom is -0.355 e. The third-order valence-electron chi connectivity index (χ3n) is 3.88. The molecule has 4 heteroatoms. The molecule has 1 aromatic carbocycles. The molecule has 0 saturated carbocycles. The first-order valence-electron chi connectivity index (χ1n) is 7.26. The summed E-state index contributed by atoms with van der Waals surface area (Å²) in [7, 11) is 0. The molecule has 1 aliphatic heterocycles. The van der Waals surface area contributed by atoms with Crippen molar-refractivity contribution in [3.63, 3.8) is 0 Å². The van der Waals surface area contributed by atoms with Gasteiger partial charge in [0.2, 0.25) is 11.8 Å². The summed E-state index contributed by atoms with van der Waals surface area (Å²) in [5.74, 6) is -0.0422. The molecular formula is C16H22N2O2. The second-order valence-electron chi connectivity index (χ2n) is 5.37. The van der Waals surface area contributed by atoms with Crippen LogP contribution in [0.1, 0.15) is 43.9 Å². The van der Waals surface area contributed by atoms with Gasteiger partial charge in [-0.05, 0) is 30.9 Å². The number of rotatable bonds is 4. The summed E-state index contributed by atoms with van der Waals surface area (Å²) in [4.78, 5) is 23.2. The average molecular weight is 274 g/mol. The zero-order chi connectivity index (χ0) is 14.5. The summed E-state index contributed by atoms with van der Waals surface area (Å²) in [5.41, 5.74) is 2.40. The minimum absolute atomic E-state index is 0.00830. The average Bonchev–Trinajstić information content (AvgIpc) is 2.48. The van der Waals surface area contributed by atoms with E-state index >= 15 is 0 Å². The molecule has 0 aromatic heterocycles. The number of benzene rings is 1. The molecule has 1 saturated heterocycles. The summed E-state index contributed by atoms with van der Waals surface area (Å²) >= 11 is 0. The monoisotopic (exact) mass is 274 g/mol. The van der Waals surface area contributed by atoms with E-state index in [1.807, 2.05) is 6.92 Å². The lowest BCUT2D eigenvalue weighted by Gasteiger charge is -2.24. The molecule has 1 aromatic rings. The van der Waals surface area contributed by atoms with Gasteiger partial charge < -0.3 is 10.6 Å². The number of hydrogen-bond acceptors (Lipinski definition) is 2. The summed E-state index contributed by atoms with van der Waals surface area (Å²) in [6.45, 7) is 4.56. The van der Waals surface area contributed by atoms with Crippen LogP contribution in [0.5, 0.6) is 0 Å². The van der Waals surface area contributed by atoms with Gasteiger partial charge in [-0.15, -0.1) is 0 Å². The predicted molar refractivity (Wildman–Crippen MR) is 78.1 cm³/mol. The lowest BCUT2D eigenvalue weighted by atomic mass is 9.97. The second-order valence-corrected chi connectivity index (χ2v) is 5.37. The molecule has 4 nitrogen and oxygen atoms in total. The molecule has 0 radical (unpaired) electrons. The van der Waals surface area contributed by atoms with Crippen molar-refractivity contribution >= 4 is 11.8 Å². The highest BCUT2D eigenvalue weighted by molar-refractivity contribution is 5.83. The van der Waals surface area contributed by atoms with Crippen LogP contribution in [0.3, 0.4) is 0 Å². The van der Waals surface area contributed by atoms with Crippen LogP contribution in [0.4, 0.5) is 0 Å². The Kier molecular flexibility index (Phi) is 4.77. The first-order valence-corrected chi connectivity index (χ1v) is 7.26. The van der Waals surface area contributed by atoms with Gasteiger partial charge in [0.1, 0.15) is 0 Å². The fourth-order valence-corrected chi connectivity index (χ4v) is 2.41. The van der Waals surface area contributed by atoms with E-state index in [0.717, 1.165) is 12.0 Å². The van der Waals surface area contributed by atoms with Gasteiger partial charge in [0, 0.05) is 13.0 Å². The second kappa shape index (κ2) is 6.55. The number of hydrogen-bond donors (Lipinski definition) is 2. The lowest BCUT2D eigenvalue weighted by Crippen LogP contribution is -2.43. The molecule has 2 atom stereocenters. The fourth-order valence-electron chi connectivity index (χ4n) is 2.41. The highest BCUT2D eigenvalue weighted by Gasteiger charge is 2.25. The smallest absolute Gasteiger partial charge is 0.225 e. The Bertz CT molecular complexity index is 472. The van der Waals surface area contributed by atoms with Crippen molar-refractivity contribution in [1.82, 2.24) is 10.6 Å². The largest absolute Gasteiger partial charge is 0.355 e. The van der Waals surface area contributed by atoms with Crippen LogP contribution < -0.4 is 10.6 Å². The quantitative estimate of drug-likeness (QED) is 0.881. The summed E-state index contributed by atoms with van der Waals surface area (Å²) in [5, 5.41) is 5.77. The Morgan fingerprint density at radius 3 is 2.65 bits per heavy atom. The van der Waals surface area contributed by atoms with E-state index in [9.17, 15) is 9.59 Å². The van der Waals surface area contributed by atoms with Crippen molar-refractivity contribution in [1.29, 1.82) is 0 Å². The van der Waals surface area contributed by atoms with Gasteiger partial charge >= 0.3 is 0 Å². The van der Waals surface area contributed by atoms with Crippen molar-refractivity contribution in [2.75, 3.05) is 6.54 Å². The maximum atomic E-state index is 12.1. The van der Waals surface area contributed by atoms with Crippen molar-refractivity contribution < 1.29 is 9.59 Å². The molecule has 20 heavy (non-hydrogen) atoms. The Hall–Kier alpha value is -1.84. The third-order valence-corrected chi connectivity index (χ3v) is 3.88. The van der Waals surface area contributed by atoms with Crippen LogP contribution in [0.15, 0.2) is 24.3 Å². The first-order chi connectivity index (χ1) is 9.60. The standard InChI is InChI=1S/C16H22N2O2/c1-3-12-4-6-13(7-5-12)11(2)18-16(20)14-8-9-15(19)17-10-14/h4-7,11,14H,3,8-10H2,1-2H3,(H,17,19)(H,18,20). The van der Waals surface area contributed by atoms with Crippen LogP contribution in [0, 0.1) is 5.92 Å². The maximum Gasteiger partial charge on any atom is 0.225 e. The fraction of sp³-hybridized carbons (Fsp3) is 0.500. The van der Waals surface area contributed by atoms with Gasteiger partial charge in [-0.3, -0.25) is 9.59 Å². The van der Waals surface area contributed by atoms with Crippen LogP contribution in [0.2, 0.25) is 0 Å². The molecule has 0 bridgehead atoms. The van der Waals surface area contributed by atoms with Crippen LogP contribution in [-0.4, -0.2) is 18.4 Å². The zero-order valence-corrected chi connectivity index (χ0v) is 12.1. The van der Waals surface area contributed by atoms with Crippen molar-refractivity contribution in [2.24, 2.45) is 5.92 Å². The predicted octanol–water partition coefficient (Wildman–Crippen LogP) is 1.95. The number of piperidine rings is 1. The third kappa shape index (κ3) is 3.59. The number of amides is 2.